The molecule has 0 saturated heterocycles. The Morgan fingerprint density at radius 2 is 2.18 bits per heavy atom. The van der Waals surface area contributed by atoms with Gasteiger partial charge in [0.05, 0.1) is 5.75 Å². The van der Waals surface area contributed by atoms with Crippen molar-refractivity contribution in [3.63, 3.8) is 0 Å². The van der Waals surface area contributed by atoms with E-state index >= 15 is 0 Å². The van der Waals surface area contributed by atoms with Crippen LogP contribution in [0.15, 0.2) is 33.8 Å². The van der Waals surface area contributed by atoms with Gasteiger partial charge in [-0.3, -0.25) is 9.59 Å². The van der Waals surface area contributed by atoms with E-state index in [1.165, 1.54) is 27.6 Å². The summed E-state index contributed by atoms with van der Waals surface area (Å²) in [5.41, 5.74) is -0.0880. The zero-order valence-corrected chi connectivity index (χ0v) is 13.0. The molecule has 0 atom stereocenters. The lowest BCUT2D eigenvalue weighted by Gasteiger charge is -2.04. The van der Waals surface area contributed by atoms with Crippen LogP contribution in [-0.2, 0) is 4.79 Å². The highest BCUT2D eigenvalue weighted by atomic mass is 32.2. The third-order valence-electron chi connectivity index (χ3n) is 2.58. The molecule has 1 amide bonds. The number of thiazole rings is 1. The molecular weight excluding hydrogens is 324 g/mol. The Morgan fingerprint density at radius 1 is 1.41 bits per heavy atom. The molecule has 0 aliphatic heterocycles. The molecular formula is C12H10N6O2S2. The maximum atomic E-state index is 12.0. The van der Waals surface area contributed by atoms with Crippen molar-refractivity contribution in [1.29, 1.82) is 0 Å². The molecule has 3 aromatic heterocycles. The minimum absolute atomic E-state index is 0.175. The predicted molar refractivity (Wildman–Crippen MR) is 83.3 cm³/mol. The number of fused-ring (bicyclic) bond motifs is 1. The SMILES string of the molecule is Cc1nn2c(NC(=O)CSc3ncccn3)csc2nc1=O. The molecule has 0 bridgehead atoms. The van der Waals surface area contributed by atoms with Gasteiger partial charge in [-0.05, 0) is 13.0 Å². The number of nitrogens with one attached hydrogen (secondary N) is 1. The number of carbonyl (C=O) groups excluding carboxylic acids is 1. The van der Waals surface area contributed by atoms with Crippen molar-refractivity contribution in [2.75, 3.05) is 11.1 Å². The van der Waals surface area contributed by atoms with Crippen molar-refractivity contribution in [2.45, 2.75) is 12.1 Å². The Labute approximate surface area is 132 Å². The topological polar surface area (TPSA) is 102 Å². The average molecular weight is 334 g/mol. The molecule has 0 aliphatic carbocycles. The monoisotopic (exact) mass is 334 g/mol. The quantitative estimate of drug-likeness (QED) is 0.560. The first kappa shape index (κ1) is 14.6. The maximum Gasteiger partial charge on any atom is 0.295 e. The second-order valence-corrected chi connectivity index (χ2v) is 5.96. The highest BCUT2D eigenvalue weighted by Crippen LogP contribution is 2.17. The number of carbonyl (C=O) groups is 1. The zero-order valence-electron chi connectivity index (χ0n) is 11.4. The number of thioether (sulfide) groups is 1. The van der Waals surface area contributed by atoms with Gasteiger partial charge in [0, 0.05) is 17.8 Å². The second-order valence-electron chi connectivity index (χ2n) is 4.19. The van der Waals surface area contributed by atoms with Gasteiger partial charge in [-0.25, -0.2) is 9.97 Å². The Balaban J connectivity index is 1.71. The molecule has 3 rings (SSSR count). The van der Waals surface area contributed by atoms with Gasteiger partial charge in [-0.1, -0.05) is 11.8 Å². The van der Waals surface area contributed by atoms with Crippen LogP contribution in [0.1, 0.15) is 5.69 Å². The minimum Gasteiger partial charge on any atom is -0.309 e. The van der Waals surface area contributed by atoms with Crippen molar-refractivity contribution in [3.8, 4) is 0 Å². The number of nitrogens with zero attached hydrogens (tertiary/aromatic N) is 5. The van der Waals surface area contributed by atoms with Crippen molar-refractivity contribution in [1.82, 2.24) is 24.6 Å². The average Bonchev–Trinajstić information content (AvgIpc) is 2.89. The normalized spacial score (nSPS) is 10.8. The number of amides is 1. The Morgan fingerprint density at radius 3 is 2.95 bits per heavy atom. The molecule has 3 heterocycles. The fourth-order valence-corrected chi connectivity index (χ4v) is 2.95. The molecule has 0 saturated carbocycles. The summed E-state index contributed by atoms with van der Waals surface area (Å²) < 4.78 is 1.45. The number of anilines is 1. The van der Waals surface area contributed by atoms with Crippen LogP contribution in [0.5, 0.6) is 0 Å². The summed E-state index contributed by atoms with van der Waals surface area (Å²) in [6.45, 7) is 1.58. The van der Waals surface area contributed by atoms with Crippen molar-refractivity contribution >= 4 is 39.8 Å². The third-order valence-corrected chi connectivity index (χ3v) is 4.28. The fourth-order valence-electron chi connectivity index (χ4n) is 1.59. The van der Waals surface area contributed by atoms with E-state index in [1.807, 2.05) is 0 Å². The molecule has 3 aromatic rings. The lowest BCUT2D eigenvalue weighted by Crippen LogP contribution is -2.19. The smallest absolute Gasteiger partial charge is 0.295 e. The summed E-state index contributed by atoms with van der Waals surface area (Å²) in [6.07, 6.45) is 3.24. The van der Waals surface area contributed by atoms with Gasteiger partial charge in [0.15, 0.2) is 5.16 Å². The summed E-state index contributed by atoms with van der Waals surface area (Å²) in [6, 6.07) is 1.71. The minimum atomic E-state index is -0.364. The highest BCUT2D eigenvalue weighted by molar-refractivity contribution is 7.99. The van der Waals surface area contributed by atoms with Crippen LogP contribution in [0.3, 0.4) is 0 Å². The molecule has 0 aliphatic rings. The van der Waals surface area contributed by atoms with Gasteiger partial charge in [0.1, 0.15) is 11.5 Å². The van der Waals surface area contributed by atoms with E-state index in [9.17, 15) is 9.59 Å². The molecule has 22 heavy (non-hydrogen) atoms. The highest BCUT2D eigenvalue weighted by Gasteiger charge is 2.11. The van der Waals surface area contributed by atoms with Crippen molar-refractivity contribution < 1.29 is 4.79 Å². The Hall–Kier alpha value is -2.33. The standard InChI is InChI=1S/C12H10N6O2S2/c1-7-10(20)16-12-18(17-7)8(5-22-12)15-9(19)6-21-11-13-3-2-4-14-11/h2-5H,6H2,1H3,(H,15,19). The summed E-state index contributed by atoms with van der Waals surface area (Å²) in [5, 5.41) is 9.07. The van der Waals surface area contributed by atoms with E-state index in [2.05, 4.69) is 25.4 Å². The van der Waals surface area contributed by atoms with Crippen molar-refractivity contribution in [2.24, 2.45) is 0 Å². The molecule has 1 N–H and O–H groups in total. The lowest BCUT2D eigenvalue weighted by atomic mass is 10.5. The Kier molecular flexibility index (Phi) is 4.11. The van der Waals surface area contributed by atoms with Gasteiger partial charge in [-0.2, -0.15) is 14.6 Å². The van der Waals surface area contributed by atoms with Crippen LogP contribution in [0.2, 0.25) is 0 Å². The molecule has 0 unspecified atom stereocenters. The van der Waals surface area contributed by atoms with Crippen LogP contribution in [-0.4, -0.2) is 36.2 Å². The number of rotatable bonds is 4. The summed E-state index contributed by atoms with van der Waals surface area (Å²) >= 11 is 2.47. The van der Waals surface area contributed by atoms with E-state index in [1.54, 1.807) is 30.8 Å². The molecule has 8 nitrogen and oxygen atoms in total. The largest absolute Gasteiger partial charge is 0.309 e. The first-order valence-corrected chi connectivity index (χ1v) is 8.05. The predicted octanol–water partition coefficient (Wildman–Crippen LogP) is 0.980. The number of aromatic nitrogens is 5. The van der Waals surface area contributed by atoms with Crippen LogP contribution >= 0.6 is 23.1 Å². The molecule has 112 valence electrons. The van der Waals surface area contributed by atoms with Gasteiger partial charge in [0.2, 0.25) is 10.9 Å². The van der Waals surface area contributed by atoms with E-state index in [4.69, 9.17) is 0 Å². The summed E-state index contributed by atoms with van der Waals surface area (Å²) in [7, 11) is 0. The summed E-state index contributed by atoms with van der Waals surface area (Å²) in [4.78, 5) is 35.8. The second kappa shape index (κ2) is 6.20. The van der Waals surface area contributed by atoms with Gasteiger partial charge < -0.3 is 5.32 Å². The summed E-state index contributed by atoms with van der Waals surface area (Å²) in [5.74, 6) is 0.444. The molecule has 0 radical (unpaired) electrons. The van der Waals surface area contributed by atoms with E-state index in [0.29, 0.717) is 15.9 Å². The number of hydrogen-bond donors (Lipinski definition) is 1. The van der Waals surface area contributed by atoms with Gasteiger partial charge in [-0.15, -0.1) is 11.3 Å². The van der Waals surface area contributed by atoms with Crippen LogP contribution in [0, 0.1) is 6.92 Å². The van der Waals surface area contributed by atoms with E-state index < -0.39 is 0 Å². The fraction of sp³-hybridized carbons (Fsp3) is 0.167. The number of aryl methyl sites for hydroxylation is 1. The van der Waals surface area contributed by atoms with Gasteiger partial charge in [0.25, 0.3) is 5.56 Å². The van der Waals surface area contributed by atoms with Crippen LogP contribution in [0.25, 0.3) is 4.96 Å². The van der Waals surface area contributed by atoms with Gasteiger partial charge >= 0.3 is 0 Å². The van der Waals surface area contributed by atoms with Crippen LogP contribution in [0.4, 0.5) is 5.82 Å². The first-order chi connectivity index (χ1) is 10.6. The molecule has 10 heteroatoms. The van der Waals surface area contributed by atoms with Crippen molar-refractivity contribution in [3.05, 3.63) is 39.9 Å². The zero-order chi connectivity index (χ0) is 15.5. The maximum absolute atomic E-state index is 12.0. The molecule has 0 fully saturated rings. The Bertz CT molecular complexity index is 876. The van der Waals surface area contributed by atoms with E-state index in [0.717, 1.165) is 0 Å². The first-order valence-electron chi connectivity index (χ1n) is 6.18. The molecule has 0 aromatic carbocycles. The third kappa shape index (κ3) is 3.12. The van der Waals surface area contributed by atoms with Crippen LogP contribution < -0.4 is 10.9 Å². The lowest BCUT2D eigenvalue weighted by molar-refractivity contribution is -0.113. The molecule has 0 spiro atoms. The van der Waals surface area contributed by atoms with E-state index in [-0.39, 0.29) is 22.9 Å². The number of hydrogen-bond acceptors (Lipinski definition) is 8.